The summed E-state index contributed by atoms with van der Waals surface area (Å²) in [6.45, 7) is 4.83. The van der Waals surface area contributed by atoms with Gasteiger partial charge in [0.1, 0.15) is 0 Å². The van der Waals surface area contributed by atoms with Gasteiger partial charge in [-0.15, -0.1) is 0 Å². The lowest BCUT2D eigenvalue weighted by Gasteiger charge is -2.30. The summed E-state index contributed by atoms with van der Waals surface area (Å²) >= 11 is 0. The largest absolute Gasteiger partial charge is 0.325 e. The molecule has 1 aliphatic rings. The van der Waals surface area contributed by atoms with Gasteiger partial charge in [-0.2, -0.15) is 0 Å². The maximum atomic E-state index is 4.58. The lowest BCUT2D eigenvalue weighted by Crippen LogP contribution is -2.25. The highest BCUT2D eigenvalue weighted by molar-refractivity contribution is 5.64. The monoisotopic (exact) mass is 268 g/mol. The van der Waals surface area contributed by atoms with Crippen LogP contribution in [0.3, 0.4) is 0 Å². The molecule has 20 heavy (non-hydrogen) atoms. The molecule has 0 aliphatic carbocycles. The Morgan fingerprint density at radius 3 is 2.90 bits per heavy atom. The second-order valence-corrected chi connectivity index (χ2v) is 5.03. The van der Waals surface area contributed by atoms with Crippen LogP contribution >= 0.6 is 0 Å². The smallest absolute Gasteiger partial charge is 0.151 e. The van der Waals surface area contributed by atoms with Crippen molar-refractivity contribution in [3.05, 3.63) is 47.9 Å². The minimum Gasteiger partial charge on any atom is -0.325 e. The fourth-order valence-electron chi connectivity index (χ4n) is 2.60. The van der Waals surface area contributed by atoms with Crippen molar-refractivity contribution in [2.24, 2.45) is 0 Å². The Bertz CT molecular complexity index is 565. The molecule has 0 spiro atoms. The molecule has 0 saturated heterocycles. The minimum absolute atomic E-state index is 0.778. The topological polar surface area (TPSA) is 41.1 Å². The first-order valence-electron chi connectivity index (χ1n) is 7.25. The van der Waals surface area contributed by atoms with Gasteiger partial charge >= 0.3 is 0 Å². The Kier molecular flexibility index (Phi) is 3.92. The lowest BCUT2D eigenvalue weighted by molar-refractivity contribution is 0.704. The maximum Gasteiger partial charge on any atom is 0.151 e. The van der Waals surface area contributed by atoms with Gasteiger partial charge in [-0.05, 0) is 31.0 Å². The van der Waals surface area contributed by atoms with Crippen molar-refractivity contribution in [2.45, 2.75) is 26.3 Å². The first-order chi connectivity index (χ1) is 9.88. The average molecular weight is 268 g/mol. The summed E-state index contributed by atoms with van der Waals surface area (Å²) < 4.78 is 0. The van der Waals surface area contributed by atoms with Crippen molar-refractivity contribution in [1.82, 2.24) is 15.3 Å². The molecule has 4 heteroatoms. The summed E-state index contributed by atoms with van der Waals surface area (Å²) in [6, 6.07) is 8.56. The number of aromatic nitrogens is 2. The van der Waals surface area contributed by atoms with Crippen LogP contribution in [-0.4, -0.2) is 23.1 Å². The highest BCUT2D eigenvalue weighted by atomic mass is 15.2. The fraction of sp³-hybridized carbons (Fsp3) is 0.375. The van der Waals surface area contributed by atoms with Gasteiger partial charge in [0.25, 0.3) is 0 Å². The van der Waals surface area contributed by atoms with E-state index in [1.54, 1.807) is 0 Å². The van der Waals surface area contributed by atoms with Crippen LogP contribution in [0.4, 0.5) is 11.5 Å². The predicted molar refractivity (Wildman–Crippen MR) is 81.2 cm³/mol. The number of para-hydroxylation sites is 1. The third kappa shape index (κ3) is 2.65. The van der Waals surface area contributed by atoms with Crippen LogP contribution in [0.1, 0.15) is 24.6 Å². The van der Waals surface area contributed by atoms with Crippen molar-refractivity contribution in [1.29, 1.82) is 0 Å². The molecule has 0 radical (unpaired) electrons. The van der Waals surface area contributed by atoms with E-state index in [0.29, 0.717) is 0 Å². The summed E-state index contributed by atoms with van der Waals surface area (Å²) in [5.74, 6) is 0.942. The van der Waals surface area contributed by atoms with E-state index >= 15 is 0 Å². The molecule has 104 valence electrons. The average Bonchev–Trinajstić information content (AvgIpc) is 2.53. The molecule has 1 N–H and O–H groups in total. The molecular weight excluding hydrogens is 248 g/mol. The minimum atomic E-state index is 0.778. The molecule has 0 bridgehead atoms. The quantitative estimate of drug-likeness (QED) is 0.925. The predicted octanol–water partition coefficient (Wildman–Crippen LogP) is 2.67. The van der Waals surface area contributed by atoms with E-state index in [-0.39, 0.29) is 0 Å². The number of nitrogens with zero attached hydrogens (tertiary/aromatic N) is 3. The van der Waals surface area contributed by atoms with Gasteiger partial charge in [-0.1, -0.05) is 25.1 Å². The van der Waals surface area contributed by atoms with E-state index < -0.39 is 0 Å². The van der Waals surface area contributed by atoms with Crippen LogP contribution in [0, 0.1) is 0 Å². The van der Waals surface area contributed by atoms with Crippen LogP contribution in [0.5, 0.6) is 0 Å². The van der Waals surface area contributed by atoms with E-state index in [0.717, 1.165) is 44.0 Å². The zero-order valence-corrected chi connectivity index (χ0v) is 11.8. The SMILES string of the molecule is CCNCc1cnc(N2CCCc3ccccc32)cn1. The summed E-state index contributed by atoms with van der Waals surface area (Å²) in [5, 5.41) is 3.26. The molecule has 3 rings (SSSR count). The number of benzene rings is 1. The van der Waals surface area contributed by atoms with Crippen molar-refractivity contribution in [2.75, 3.05) is 18.0 Å². The molecular formula is C16H20N4. The zero-order valence-electron chi connectivity index (χ0n) is 11.8. The molecule has 0 saturated carbocycles. The summed E-state index contributed by atoms with van der Waals surface area (Å²) in [7, 11) is 0. The third-order valence-electron chi connectivity index (χ3n) is 3.63. The van der Waals surface area contributed by atoms with Crippen LogP contribution < -0.4 is 10.2 Å². The van der Waals surface area contributed by atoms with Crippen LogP contribution in [-0.2, 0) is 13.0 Å². The normalized spacial score (nSPS) is 14.2. The second kappa shape index (κ2) is 6.01. The summed E-state index contributed by atoms with van der Waals surface area (Å²) in [4.78, 5) is 11.3. The molecule has 4 nitrogen and oxygen atoms in total. The zero-order chi connectivity index (χ0) is 13.8. The number of aryl methyl sites for hydroxylation is 1. The Hall–Kier alpha value is -1.94. The molecule has 2 heterocycles. The first kappa shape index (κ1) is 13.1. The molecule has 1 aromatic carbocycles. The fourth-order valence-corrected chi connectivity index (χ4v) is 2.60. The van der Waals surface area contributed by atoms with E-state index in [1.165, 1.54) is 11.3 Å². The van der Waals surface area contributed by atoms with Gasteiger partial charge in [0, 0.05) is 18.8 Å². The van der Waals surface area contributed by atoms with Crippen molar-refractivity contribution in [3.8, 4) is 0 Å². The molecule has 1 aliphatic heterocycles. The van der Waals surface area contributed by atoms with E-state index in [2.05, 4.69) is 51.4 Å². The van der Waals surface area contributed by atoms with E-state index in [4.69, 9.17) is 0 Å². The number of hydrogen-bond acceptors (Lipinski definition) is 4. The summed E-state index contributed by atoms with van der Waals surface area (Å²) in [5.41, 5.74) is 3.66. The van der Waals surface area contributed by atoms with Crippen molar-refractivity contribution < 1.29 is 0 Å². The van der Waals surface area contributed by atoms with E-state index in [1.807, 2.05) is 12.4 Å². The van der Waals surface area contributed by atoms with E-state index in [9.17, 15) is 0 Å². The van der Waals surface area contributed by atoms with Gasteiger partial charge in [0.05, 0.1) is 18.1 Å². The number of hydrogen-bond donors (Lipinski definition) is 1. The van der Waals surface area contributed by atoms with Gasteiger partial charge in [-0.25, -0.2) is 4.98 Å². The number of fused-ring (bicyclic) bond motifs is 1. The van der Waals surface area contributed by atoms with Gasteiger partial charge < -0.3 is 10.2 Å². The molecule has 0 atom stereocenters. The Morgan fingerprint density at radius 1 is 1.20 bits per heavy atom. The Morgan fingerprint density at radius 2 is 2.10 bits per heavy atom. The van der Waals surface area contributed by atoms with Crippen LogP contribution in [0.15, 0.2) is 36.7 Å². The standard InChI is InChI=1S/C16H20N4/c1-2-17-10-14-11-19-16(12-18-14)20-9-5-7-13-6-3-4-8-15(13)20/h3-4,6,8,11-12,17H,2,5,7,9-10H2,1H3. The van der Waals surface area contributed by atoms with Gasteiger partial charge in [0.15, 0.2) is 5.82 Å². The summed E-state index contributed by atoms with van der Waals surface area (Å²) in [6.07, 6.45) is 6.07. The maximum absolute atomic E-state index is 4.58. The highest BCUT2D eigenvalue weighted by Crippen LogP contribution is 2.31. The Labute approximate surface area is 119 Å². The molecule has 0 amide bonds. The van der Waals surface area contributed by atoms with Crippen molar-refractivity contribution >= 4 is 11.5 Å². The second-order valence-electron chi connectivity index (χ2n) is 5.03. The third-order valence-corrected chi connectivity index (χ3v) is 3.63. The number of anilines is 2. The van der Waals surface area contributed by atoms with Crippen molar-refractivity contribution in [3.63, 3.8) is 0 Å². The molecule has 0 unspecified atom stereocenters. The number of nitrogens with one attached hydrogen (secondary N) is 1. The molecule has 0 fully saturated rings. The van der Waals surface area contributed by atoms with Gasteiger partial charge in [-0.3, -0.25) is 4.98 Å². The Balaban J connectivity index is 1.83. The molecule has 2 aromatic rings. The highest BCUT2D eigenvalue weighted by Gasteiger charge is 2.18. The van der Waals surface area contributed by atoms with Crippen LogP contribution in [0.25, 0.3) is 0 Å². The van der Waals surface area contributed by atoms with Crippen LogP contribution in [0.2, 0.25) is 0 Å². The lowest BCUT2D eigenvalue weighted by atomic mass is 10.0. The first-order valence-corrected chi connectivity index (χ1v) is 7.25. The molecule has 1 aromatic heterocycles. The number of rotatable bonds is 4. The van der Waals surface area contributed by atoms with Gasteiger partial charge in [0.2, 0.25) is 0 Å².